The van der Waals surface area contributed by atoms with Crippen LogP contribution in [0, 0.1) is 23.7 Å². The molecule has 92 valence electrons. The van der Waals surface area contributed by atoms with E-state index in [-0.39, 0.29) is 0 Å². The largest absolute Gasteiger partial charge is 0.445 e. The number of aryl methyl sites for hydroxylation is 1. The van der Waals surface area contributed by atoms with Crippen molar-refractivity contribution in [1.29, 1.82) is 0 Å². The number of rotatable bonds is 4. The van der Waals surface area contributed by atoms with Crippen LogP contribution in [0.4, 0.5) is 0 Å². The molecule has 2 N–H and O–H groups in total. The molecule has 4 unspecified atom stereocenters. The Hall–Kier alpha value is -0.830. The fourth-order valence-electron chi connectivity index (χ4n) is 4.55. The van der Waals surface area contributed by atoms with Gasteiger partial charge in [-0.05, 0) is 55.9 Å². The number of oxazole rings is 1. The van der Waals surface area contributed by atoms with E-state index in [1.54, 1.807) is 0 Å². The van der Waals surface area contributed by atoms with E-state index in [4.69, 9.17) is 10.2 Å². The number of aromatic nitrogens is 1. The summed E-state index contributed by atoms with van der Waals surface area (Å²) in [6.45, 7) is 0.719. The molecule has 2 bridgehead atoms. The van der Waals surface area contributed by atoms with E-state index in [1.165, 1.54) is 25.0 Å². The van der Waals surface area contributed by atoms with Crippen molar-refractivity contribution in [2.75, 3.05) is 6.54 Å². The van der Waals surface area contributed by atoms with E-state index < -0.39 is 0 Å². The zero-order chi connectivity index (χ0) is 11.4. The van der Waals surface area contributed by atoms with Crippen LogP contribution in [0.2, 0.25) is 0 Å². The Morgan fingerprint density at radius 3 is 2.76 bits per heavy atom. The number of nitrogens with two attached hydrogens (primary N) is 1. The van der Waals surface area contributed by atoms with Crippen molar-refractivity contribution in [3.63, 3.8) is 0 Å². The van der Waals surface area contributed by atoms with Crippen molar-refractivity contribution in [2.45, 2.75) is 38.0 Å². The minimum absolute atomic E-state index is 0.719. The molecule has 4 rings (SSSR count). The van der Waals surface area contributed by atoms with Gasteiger partial charge in [-0.25, -0.2) is 4.98 Å². The smallest absolute Gasteiger partial charge is 0.194 e. The zero-order valence-corrected chi connectivity index (χ0v) is 10.1. The summed E-state index contributed by atoms with van der Waals surface area (Å²) in [4.78, 5) is 4.39. The molecule has 3 aliphatic carbocycles. The Morgan fingerprint density at radius 1 is 1.29 bits per heavy atom. The molecule has 0 radical (unpaired) electrons. The molecule has 0 aliphatic heterocycles. The second-order valence-corrected chi connectivity index (χ2v) is 6.06. The minimum atomic E-state index is 0.719. The summed E-state index contributed by atoms with van der Waals surface area (Å²) in [6.07, 6.45) is 8.29. The van der Waals surface area contributed by atoms with E-state index in [0.29, 0.717) is 0 Å². The first-order valence-corrected chi connectivity index (χ1v) is 7.03. The van der Waals surface area contributed by atoms with E-state index >= 15 is 0 Å². The fourth-order valence-corrected chi connectivity index (χ4v) is 4.55. The van der Waals surface area contributed by atoms with E-state index in [0.717, 1.165) is 54.9 Å². The van der Waals surface area contributed by atoms with Crippen LogP contribution in [-0.4, -0.2) is 11.5 Å². The van der Waals surface area contributed by atoms with Crippen molar-refractivity contribution in [2.24, 2.45) is 29.4 Å². The monoisotopic (exact) mass is 232 g/mol. The molecule has 3 saturated carbocycles. The highest BCUT2D eigenvalue weighted by Gasteiger charge is 2.66. The lowest BCUT2D eigenvalue weighted by molar-refractivity contribution is 0.414. The van der Waals surface area contributed by atoms with E-state index in [1.807, 2.05) is 6.20 Å². The Balaban J connectivity index is 1.48. The molecule has 3 nitrogen and oxygen atoms in total. The van der Waals surface area contributed by atoms with E-state index in [2.05, 4.69) is 4.98 Å². The molecule has 3 aliphatic rings. The summed E-state index contributed by atoms with van der Waals surface area (Å²) < 4.78 is 5.90. The van der Waals surface area contributed by atoms with Crippen molar-refractivity contribution in [3.05, 3.63) is 17.8 Å². The summed E-state index contributed by atoms with van der Waals surface area (Å²) in [5.41, 5.74) is 5.51. The van der Waals surface area contributed by atoms with Crippen molar-refractivity contribution < 1.29 is 4.42 Å². The molecule has 3 heteroatoms. The Morgan fingerprint density at radius 2 is 2.06 bits per heavy atom. The van der Waals surface area contributed by atoms with Crippen LogP contribution in [0.1, 0.15) is 43.3 Å². The highest BCUT2D eigenvalue weighted by molar-refractivity contribution is 5.25. The molecule has 1 aromatic heterocycles. The molecular weight excluding hydrogens is 212 g/mol. The fraction of sp³-hybridized carbons (Fsp3) is 0.786. The van der Waals surface area contributed by atoms with Gasteiger partial charge in [-0.3, -0.25) is 0 Å². The molecule has 0 saturated heterocycles. The third-order valence-electron chi connectivity index (χ3n) is 5.23. The third-order valence-corrected chi connectivity index (χ3v) is 5.23. The maximum Gasteiger partial charge on any atom is 0.194 e. The predicted molar refractivity (Wildman–Crippen MR) is 64.4 cm³/mol. The van der Waals surface area contributed by atoms with Crippen LogP contribution >= 0.6 is 0 Å². The molecule has 4 atom stereocenters. The summed E-state index contributed by atoms with van der Waals surface area (Å²) in [6, 6.07) is 0. The molecule has 17 heavy (non-hydrogen) atoms. The zero-order valence-electron chi connectivity index (χ0n) is 10.1. The van der Waals surface area contributed by atoms with Gasteiger partial charge in [-0.1, -0.05) is 0 Å². The molecule has 1 aromatic rings. The van der Waals surface area contributed by atoms with Gasteiger partial charge in [0.15, 0.2) is 5.89 Å². The van der Waals surface area contributed by atoms with Gasteiger partial charge >= 0.3 is 0 Å². The summed E-state index contributed by atoms with van der Waals surface area (Å²) in [7, 11) is 0. The van der Waals surface area contributed by atoms with Gasteiger partial charge in [0.2, 0.25) is 0 Å². The average molecular weight is 232 g/mol. The topological polar surface area (TPSA) is 52.0 Å². The first-order valence-electron chi connectivity index (χ1n) is 7.03. The van der Waals surface area contributed by atoms with Crippen LogP contribution in [0.5, 0.6) is 0 Å². The van der Waals surface area contributed by atoms with Crippen LogP contribution in [0.15, 0.2) is 10.6 Å². The highest BCUT2D eigenvalue weighted by Crippen LogP contribution is 2.73. The van der Waals surface area contributed by atoms with Gasteiger partial charge in [0.25, 0.3) is 0 Å². The lowest BCUT2D eigenvalue weighted by Gasteiger charge is -2.05. The normalized spacial score (nSPS) is 41.8. The summed E-state index contributed by atoms with van der Waals surface area (Å²) in [5.74, 6) is 6.69. The first kappa shape index (κ1) is 10.1. The van der Waals surface area contributed by atoms with Gasteiger partial charge in [0.05, 0.1) is 6.20 Å². The summed E-state index contributed by atoms with van der Waals surface area (Å²) in [5, 5.41) is 0. The van der Waals surface area contributed by atoms with Gasteiger partial charge in [0, 0.05) is 12.3 Å². The number of hydrogen-bond acceptors (Lipinski definition) is 3. The second kappa shape index (κ2) is 3.58. The maximum absolute atomic E-state index is 5.90. The van der Waals surface area contributed by atoms with Gasteiger partial charge < -0.3 is 10.2 Å². The van der Waals surface area contributed by atoms with Gasteiger partial charge in [-0.15, -0.1) is 0 Å². The number of hydrogen-bond donors (Lipinski definition) is 1. The molecule has 0 spiro atoms. The Labute approximate surface area is 102 Å². The Bertz CT molecular complexity index is 412. The SMILES string of the molecule is NCCCc1ncc(C2C3C4CCC(C4)C23)o1. The maximum atomic E-state index is 5.90. The molecule has 0 amide bonds. The predicted octanol–water partition coefficient (Wildman–Crippen LogP) is 2.33. The lowest BCUT2D eigenvalue weighted by atomic mass is 10.0. The van der Waals surface area contributed by atoms with Gasteiger partial charge in [-0.2, -0.15) is 0 Å². The highest BCUT2D eigenvalue weighted by atomic mass is 16.4. The standard InChI is InChI=1S/C14H20N2O/c15-5-1-2-11-16-7-10(17-11)14-12-8-3-4-9(6-8)13(12)14/h7-9,12-14H,1-6,15H2. The van der Waals surface area contributed by atoms with Crippen molar-refractivity contribution in [3.8, 4) is 0 Å². The number of nitrogens with zero attached hydrogens (tertiary/aromatic N) is 1. The molecule has 0 aromatic carbocycles. The van der Waals surface area contributed by atoms with Crippen molar-refractivity contribution >= 4 is 0 Å². The van der Waals surface area contributed by atoms with Gasteiger partial charge in [0.1, 0.15) is 5.76 Å². The van der Waals surface area contributed by atoms with Crippen LogP contribution < -0.4 is 5.73 Å². The molecular formula is C14H20N2O. The lowest BCUT2D eigenvalue weighted by Crippen LogP contribution is -2.00. The third kappa shape index (κ3) is 1.41. The average Bonchev–Trinajstić information content (AvgIpc) is 2.78. The Kier molecular flexibility index (Phi) is 2.13. The molecule has 1 heterocycles. The number of fused-ring (bicyclic) bond motifs is 5. The second-order valence-electron chi connectivity index (χ2n) is 6.06. The quantitative estimate of drug-likeness (QED) is 0.866. The molecule has 3 fully saturated rings. The van der Waals surface area contributed by atoms with Crippen LogP contribution in [0.25, 0.3) is 0 Å². The van der Waals surface area contributed by atoms with E-state index in [9.17, 15) is 0 Å². The van der Waals surface area contributed by atoms with Crippen LogP contribution in [0.3, 0.4) is 0 Å². The van der Waals surface area contributed by atoms with Crippen molar-refractivity contribution in [1.82, 2.24) is 4.98 Å². The van der Waals surface area contributed by atoms with Crippen LogP contribution in [-0.2, 0) is 6.42 Å². The summed E-state index contributed by atoms with van der Waals surface area (Å²) >= 11 is 0. The first-order chi connectivity index (χ1) is 8.38. The minimum Gasteiger partial charge on any atom is -0.445 e.